The average molecular weight is 268 g/mol. The van der Waals surface area contributed by atoms with Crippen LogP contribution in [0.5, 0.6) is 11.5 Å². The summed E-state index contributed by atoms with van der Waals surface area (Å²) in [6, 6.07) is 4.14. The smallest absolute Gasteiger partial charge is 0.347 e. The van der Waals surface area contributed by atoms with Crippen LogP contribution in [0.3, 0.4) is 0 Å². The molecule has 0 spiro atoms. The molecule has 1 aromatic carbocycles. The van der Waals surface area contributed by atoms with E-state index < -0.39 is 18.0 Å². The average Bonchev–Trinajstić information content (AvgIpc) is 2.39. The number of esters is 2. The molecule has 0 amide bonds. The van der Waals surface area contributed by atoms with Gasteiger partial charge in [-0.2, -0.15) is 0 Å². The predicted molar refractivity (Wildman–Crippen MR) is 66.2 cm³/mol. The first-order valence-electron chi connectivity index (χ1n) is 5.74. The van der Waals surface area contributed by atoms with Crippen LogP contribution < -0.4 is 4.74 Å². The van der Waals surface area contributed by atoms with E-state index in [4.69, 9.17) is 14.2 Å². The summed E-state index contributed by atoms with van der Waals surface area (Å²) in [4.78, 5) is 23.1. The molecule has 6 heteroatoms. The Bertz CT molecular complexity index is 468. The van der Waals surface area contributed by atoms with Gasteiger partial charge in [-0.15, -0.1) is 0 Å². The second-order valence-electron chi connectivity index (χ2n) is 3.68. The molecule has 0 bridgehead atoms. The molecule has 1 rings (SSSR count). The maximum absolute atomic E-state index is 11.8. The van der Waals surface area contributed by atoms with E-state index in [-0.39, 0.29) is 17.9 Å². The minimum atomic E-state index is -1.04. The van der Waals surface area contributed by atoms with Crippen molar-refractivity contribution in [3.05, 3.63) is 23.8 Å². The molecule has 0 aliphatic heterocycles. The fourth-order valence-corrected chi connectivity index (χ4v) is 1.34. The molecule has 0 aliphatic rings. The summed E-state index contributed by atoms with van der Waals surface area (Å²) in [5.41, 5.74) is -0.0736. The number of phenols is 1. The molecule has 0 saturated heterocycles. The molecule has 0 radical (unpaired) electrons. The molecule has 1 N–H and O–H groups in total. The van der Waals surface area contributed by atoms with Gasteiger partial charge in [-0.05, 0) is 32.0 Å². The van der Waals surface area contributed by atoms with Crippen molar-refractivity contribution in [2.75, 3.05) is 13.7 Å². The molecule has 0 aliphatic carbocycles. The Balaban J connectivity index is 2.80. The number of benzene rings is 1. The summed E-state index contributed by atoms with van der Waals surface area (Å²) in [5, 5.41) is 9.58. The molecular formula is C13H16O6. The number of rotatable bonds is 5. The van der Waals surface area contributed by atoms with Crippen molar-refractivity contribution >= 4 is 11.9 Å². The Morgan fingerprint density at radius 2 is 2.05 bits per heavy atom. The van der Waals surface area contributed by atoms with Crippen molar-refractivity contribution < 1.29 is 28.9 Å². The van der Waals surface area contributed by atoms with E-state index in [1.807, 2.05) is 0 Å². The monoisotopic (exact) mass is 268 g/mol. The van der Waals surface area contributed by atoms with Gasteiger partial charge in [0.25, 0.3) is 0 Å². The molecule has 104 valence electrons. The molecule has 0 heterocycles. The molecule has 6 nitrogen and oxygen atoms in total. The highest BCUT2D eigenvalue weighted by molar-refractivity contribution is 5.94. The third-order valence-electron chi connectivity index (χ3n) is 2.33. The Morgan fingerprint density at radius 3 is 2.63 bits per heavy atom. The van der Waals surface area contributed by atoms with Crippen molar-refractivity contribution in [3.63, 3.8) is 0 Å². The van der Waals surface area contributed by atoms with Gasteiger partial charge in [-0.1, -0.05) is 0 Å². The number of aromatic hydroxyl groups is 1. The molecular weight excluding hydrogens is 252 g/mol. The zero-order chi connectivity index (χ0) is 14.4. The highest BCUT2D eigenvalue weighted by Crippen LogP contribution is 2.23. The second kappa shape index (κ2) is 6.63. The van der Waals surface area contributed by atoms with Gasteiger partial charge in [0, 0.05) is 0 Å². The zero-order valence-corrected chi connectivity index (χ0v) is 11.0. The Kier molecular flexibility index (Phi) is 5.17. The van der Waals surface area contributed by atoms with Crippen LogP contribution in [-0.4, -0.2) is 36.9 Å². The summed E-state index contributed by atoms with van der Waals surface area (Å²) in [7, 11) is 1.43. The van der Waals surface area contributed by atoms with Crippen molar-refractivity contribution in [3.8, 4) is 11.5 Å². The van der Waals surface area contributed by atoms with Crippen molar-refractivity contribution in [1.82, 2.24) is 0 Å². The molecule has 1 atom stereocenters. The highest BCUT2D eigenvalue weighted by atomic mass is 16.6. The predicted octanol–water partition coefficient (Wildman–Crippen LogP) is 1.51. The van der Waals surface area contributed by atoms with Crippen LogP contribution in [0.15, 0.2) is 18.2 Å². The third kappa shape index (κ3) is 3.87. The lowest BCUT2D eigenvalue weighted by Crippen LogP contribution is -2.26. The summed E-state index contributed by atoms with van der Waals surface area (Å²) in [6.45, 7) is 3.25. The number of hydrogen-bond donors (Lipinski definition) is 1. The molecule has 1 unspecified atom stereocenters. The number of methoxy groups -OCH3 is 1. The normalized spacial score (nSPS) is 11.5. The van der Waals surface area contributed by atoms with Gasteiger partial charge in [0.15, 0.2) is 6.10 Å². The third-order valence-corrected chi connectivity index (χ3v) is 2.33. The van der Waals surface area contributed by atoms with Gasteiger partial charge in [0.2, 0.25) is 0 Å². The summed E-state index contributed by atoms with van der Waals surface area (Å²) in [6.07, 6.45) is -1.04. The summed E-state index contributed by atoms with van der Waals surface area (Å²) < 4.78 is 14.6. The van der Waals surface area contributed by atoms with Gasteiger partial charge in [0.1, 0.15) is 17.1 Å². The van der Waals surface area contributed by atoms with Gasteiger partial charge < -0.3 is 19.3 Å². The second-order valence-corrected chi connectivity index (χ2v) is 3.68. The van der Waals surface area contributed by atoms with Crippen LogP contribution in [0, 0.1) is 0 Å². The van der Waals surface area contributed by atoms with Crippen molar-refractivity contribution in [2.24, 2.45) is 0 Å². The number of hydrogen-bond acceptors (Lipinski definition) is 6. The fraction of sp³-hybridized carbons (Fsp3) is 0.385. The first kappa shape index (κ1) is 14.8. The van der Waals surface area contributed by atoms with Crippen molar-refractivity contribution in [1.29, 1.82) is 0 Å². The quantitative estimate of drug-likeness (QED) is 0.815. The van der Waals surface area contributed by atoms with Crippen LogP contribution in [0.2, 0.25) is 0 Å². The number of phenolic OH excluding ortho intramolecular Hbond substituents is 1. The number of carbonyl (C=O) groups excluding carboxylic acids is 2. The molecule has 0 fully saturated rings. The van der Waals surface area contributed by atoms with E-state index in [0.717, 1.165) is 0 Å². The number of carbonyl (C=O) groups is 2. The molecule has 0 saturated carbocycles. The van der Waals surface area contributed by atoms with Crippen LogP contribution in [-0.2, 0) is 14.3 Å². The standard InChI is InChI=1S/C13H16O6/c1-4-18-12(15)8(2)19-13(16)10-7-9(17-3)5-6-11(10)14/h5-8,14H,4H2,1-3H3. The Hall–Kier alpha value is -2.24. The number of ether oxygens (including phenoxy) is 3. The van der Waals surface area contributed by atoms with E-state index in [2.05, 4.69) is 0 Å². The summed E-state index contributed by atoms with van der Waals surface area (Å²) >= 11 is 0. The van der Waals surface area contributed by atoms with E-state index in [0.29, 0.717) is 5.75 Å². The van der Waals surface area contributed by atoms with Crippen LogP contribution in [0.4, 0.5) is 0 Å². The lowest BCUT2D eigenvalue weighted by atomic mass is 10.2. The lowest BCUT2D eigenvalue weighted by Gasteiger charge is -2.13. The first-order valence-corrected chi connectivity index (χ1v) is 5.74. The topological polar surface area (TPSA) is 82.1 Å². The van der Waals surface area contributed by atoms with E-state index >= 15 is 0 Å². The zero-order valence-electron chi connectivity index (χ0n) is 11.0. The maximum Gasteiger partial charge on any atom is 0.347 e. The van der Waals surface area contributed by atoms with E-state index in [1.54, 1.807) is 6.92 Å². The van der Waals surface area contributed by atoms with Crippen LogP contribution in [0.25, 0.3) is 0 Å². The van der Waals surface area contributed by atoms with Crippen LogP contribution >= 0.6 is 0 Å². The maximum atomic E-state index is 11.8. The van der Waals surface area contributed by atoms with Gasteiger partial charge in [-0.25, -0.2) is 9.59 Å². The van der Waals surface area contributed by atoms with Gasteiger partial charge in [-0.3, -0.25) is 0 Å². The lowest BCUT2D eigenvalue weighted by molar-refractivity contribution is -0.152. The fourth-order valence-electron chi connectivity index (χ4n) is 1.34. The summed E-state index contributed by atoms with van der Waals surface area (Å²) in [5.74, 6) is -1.31. The Morgan fingerprint density at radius 1 is 1.37 bits per heavy atom. The highest BCUT2D eigenvalue weighted by Gasteiger charge is 2.22. The first-order chi connectivity index (χ1) is 8.99. The SMILES string of the molecule is CCOC(=O)C(C)OC(=O)c1cc(OC)ccc1O. The van der Waals surface area contributed by atoms with E-state index in [9.17, 15) is 14.7 Å². The van der Waals surface area contributed by atoms with Crippen molar-refractivity contribution in [2.45, 2.75) is 20.0 Å². The molecule has 1 aromatic rings. The minimum absolute atomic E-state index is 0.0736. The largest absolute Gasteiger partial charge is 0.507 e. The van der Waals surface area contributed by atoms with Gasteiger partial charge in [0.05, 0.1) is 13.7 Å². The Labute approximate surface area is 110 Å². The minimum Gasteiger partial charge on any atom is -0.507 e. The van der Waals surface area contributed by atoms with Crippen LogP contribution in [0.1, 0.15) is 24.2 Å². The van der Waals surface area contributed by atoms with E-state index in [1.165, 1.54) is 32.2 Å². The molecule has 0 aromatic heterocycles. The van der Waals surface area contributed by atoms with Gasteiger partial charge >= 0.3 is 11.9 Å². The molecule has 19 heavy (non-hydrogen) atoms.